The van der Waals surface area contributed by atoms with Gasteiger partial charge in [0.1, 0.15) is 35.3 Å². The Labute approximate surface area is 248 Å². The summed E-state index contributed by atoms with van der Waals surface area (Å²) < 4.78 is 16.5. The van der Waals surface area contributed by atoms with Gasteiger partial charge in [0.2, 0.25) is 0 Å². The van der Waals surface area contributed by atoms with Crippen molar-refractivity contribution in [3.8, 4) is 11.5 Å². The van der Waals surface area contributed by atoms with Crippen LogP contribution < -0.4 is 14.4 Å². The number of carbonyl (C=O) groups is 3. The summed E-state index contributed by atoms with van der Waals surface area (Å²) in [6, 6.07) is 12.5. The number of nitrogens with zero attached hydrogens (tertiary/aromatic N) is 2. The lowest BCUT2D eigenvalue weighted by Crippen LogP contribution is -2.29. The van der Waals surface area contributed by atoms with Gasteiger partial charge in [0.15, 0.2) is 5.13 Å². The smallest absolute Gasteiger partial charge is 0.350 e. The highest BCUT2D eigenvalue weighted by atomic mass is 32.1. The Morgan fingerprint density at radius 1 is 1.02 bits per heavy atom. The van der Waals surface area contributed by atoms with Gasteiger partial charge in [-0.15, -0.1) is 0 Å². The lowest BCUT2D eigenvalue weighted by atomic mass is 9.95. The Hall–Kier alpha value is -4.70. The number of anilines is 1. The first-order chi connectivity index (χ1) is 20.3. The number of carbonyl (C=O) groups excluding carboxylic acids is 3. The molecule has 4 rings (SSSR count). The lowest BCUT2D eigenvalue weighted by Gasteiger charge is -2.23. The number of thiazole rings is 1. The highest BCUT2D eigenvalue weighted by Crippen LogP contribution is 2.44. The van der Waals surface area contributed by atoms with E-state index in [1.807, 2.05) is 0 Å². The molecule has 0 radical (unpaired) electrons. The molecule has 10 heteroatoms. The molecule has 0 bridgehead atoms. The largest absolute Gasteiger partial charge is 0.507 e. The molecule has 0 spiro atoms. The van der Waals surface area contributed by atoms with Gasteiger partial charge in [-0.3, -0.25) is 14.5 Å². The number of aliphatic hydroxyl groups is 1. The van der Waals surface area contributed by atoms with Gasteiger partial charge in [0.05, 0.1) is 23.9 Å². The summed E-state index contributed by atoms with van der Waals surface area (Å²) in [4.78, 5) is 45.5. The van der Waals surface area contributed by atoms with Gasteiger partial charge in [0.25, 0.3) is 5.78 Å². The Kier molecular flexibility index (Phi) is 9.93. The Morgan fingerprint density at radius 3 is 2.31 bits per heavy atom. The number of amides is 1. The monoisotopic (exact) mass is 588 g/mol. The van der Waals surface area contributed by atoms with Crippen LogP contribution in [-0.4, -0.2) is 47.6 Å². The van der Waals surface area contributed by atoms with Crippen molar-refractivity contribution >= 4 is 39.9 Å². The van der Waals surface area contributed by atoms with Crippen molar-refractivity contribution < 1.29 is 33.7 Å². The molecule has 1 aliphatic rings. The summed E-state index contributed by atoms with van der Waals surface area (Å²) in [5, 5.41) is 11.5. The third-order valence-electron chi connectivity index (χ3n) is 6.41. The number of aryl methyl sites for hydroxylation is 1. The normalized spacial score (nSPS) is 15.9. The third kappa shape index (κ3) is 6.44. The van der Waals surface area contributed by atoms with Gasteiger partial charge in [-0.2, -0.15) is 0 Å². The van der Waals surface area contributed by atoms with Crippen LogP contribution in [0.3, 0.4) is 0 Å². The number of hydrogen-bond acceptors (Lipinski definition) is 9. The number of unbranched alkanes of at least 4 members (excludes halogenated alkanes) is 1. The van der Waals surface area contributed by atoms with E-state index in [4.69, 9.17) is 14.2 Å². The third-order valence-corrected chi connectivity index (χ3v) is 7.55. The minimum absolute atomic E-state index is 0.0126. The van der Waals surface area contributed by atoms with E-state index in [9.17, 15) is 19.5 Å². The molecule has 218 valence electrons. The molecule has 42 heavy (non-hydrogen) atoms. The van der Waals surface area contributed by atoms with E-state index in [2.05, 4.69) is 25.1 Å². The molecule has 2 aromatic carbocycles. The summed E-state index contributed by atoms with van der Waals surface area (Å²) in [6.07, 6.45) is 4.97. The molecule has 2 heterocycles. The zero-order valence-corrected chi connectivity index (χ0v) is 24.3. The summed E-state index contributed by atoms with van der Waals surface area (Å²) in [6.45, 7) is 11.8. The first-order valence-electron chi connectivity index (χ1n) is 13.4. The molecule has 0 aliphatic carbocycles. The van der Waals surface area contributed by atoms with Crippen molar-refractivity contribution in [2.24, 2.45) is 0 Å². The zero-order chi connectivity index (χ0) is 30.2. The van der Waals surface area contributed by atoms with Crippen LogP contribution in [0.15, 0.2) is 79.4 Å². The molecule has 3 aromatic rings. The Bertz CT molecular complexity index is 1510. The number of rotatable bonds is 13. The molecule has 1 fully saturated rings. The van der Waals surface area contributed by atoms with Crippen molar-refractivity contribution in [1.29, 1.82) is 0 Å². The van der Waals surface area contributed by atoms with E-state index in [0.717, 1.165) is 24.2 Å². The predicted octanol–water partition coefficient (Wildman–Crippen LogP) is 6.16. The molecule has 0 saturated carbocycles. The number of esters is 1. The number of ketones is 1. The molecule has 1 N–H and O–H groups in total. The molecular formula is C32H32N2O7S. The van der Waals surface area contributed by atoms with Crippen LogP contribution in [0, 0.1) is 6.92 Å². The maximum Gasteiger partial charge on any atom is 0.350 e. The van der Waals surface area contributed by atoms with Gasteiger partial charge >= 0.3 is 11.9 Å². The minimum atomic E-state index is -1.03. The number of aromatic nitrogens is 1. The Balaban J connectivity index is 1.79. The van der Waals surface area contributed by atoms with Gasteiger partial charge < -0.3 is 19.3 Å². The summed E-state index contributed by atoms with van der Waals surface area (Å²) in [5.74, 6) is -1.53. The highest BCUT2D eigenvalue weighted by molar-refractivity contribution is 7.17. The van der Waals surface area contributed by atoms with Crippen molar-refractivity contribution in [3.05, 3.63) is 101 Å². The molecule has 1 saturated heterocycles. The lowest BCUT2D eigenvalue weighted by molar-refractivity contribution is -0.132. The van der Waals surface area contributed by atoms with Crippen LogP contribution in [0.1, 0.15) is 52.3 Å². The molecule has 1 aliphatic heterocycles. The first-order valence-corrected chi connectivity index (χ1v) is 14.3. The average molecular weight is 589 g/mol. The molecule has 1 atom stereocenters. The second-order valence-corrected chi connectivity index (χ2v) is 10.3. The molecule has 1 amide bonds. The van der Waals surface area contributed by atoms with Crippen LogP contribution in [0.25, 0.3) is 5.76 Å². The van der Waals surface area contributed by atoms with E-state index in [-0.39, 0.29) is 27.9 Å². The van der Waals surface area contributed by atoms with Gasteiger partial charge in [0, 0.05) is 5.56 Å². The van der Waals surface area contributed by atoms with Crippen molar-refractivity contribution in [2.45, 2.75) is 32.7 Å². The molecule has 1 aromatic heterocycles. The highest BCUT2D eigenvalue weighted by Gasteiger charge is 2.48. The quantitative estimate of drug-likeness (QED) is 0.0630. The summed E-state index contributed by atoms with van der Waals surface area (Å²) >= 11 is 0.931. The van der Waals surface area contributed by atoms with Crippen LogP contribution in [-0.2, 0) is 14.3 Å². The van der Waals surface area contributed by atoms with E-state index < -0.39 is 23.7 Å². The topological polar surface area (TPSA) is 115 Å². The summed E-state index contributed by atoms with van der Waals surface area (Å²) in [5.41, 5.74) is 1.11. The standard InChI is InChI=1S/C32H32N2O7S/c1-5-8-19-40-24-15-11-22(12-16-24)27(35)25-26(21-9-13-23(14-10-21)39-17-6-2)34(30(37)28(25)36)32-33-20(4)29(42-32)31(38)41-18-7-3/h6-7,9-16,26,35H,2-3,5,8,17-19H2,1,4H3/b27-25+. The SMILES string of the molecule is C=CCOC(=O)c1sc(N2C(=O)C(=O)/C(=C(/O)c3ccc(OCCCC)cc3)C2c2ccc(OCC=C)cc2)nc1C. The summed E-state index contributed by atoms with van der Waals surface area (Å²) in [7, 11) is 0. The maximum absolute atomic E-state index is 13.5. The number of aliphatic hydroxyl groups excluding tert-OH is 1. The number of benzene rings is 2. The van der Waals surface area contributed by atoms with Crippen molar-refractivity contribution in [1.82, 2.24) is 4.98 Å². The predicted molar refractivity (Wildman–Crippen MR) is 161 cm³/mol. The fourth-order valence-electron chi connectivity index (χ4n) is 4.32. The minimum Gasteiger partial charge on any atom is -0.507 e. The van der Waals surface area contributed by atoms with Crippen LogP contribution >= 0.6 is 11.3 Å². The van der Waals surface area contributed by atoms with Crippen molar-refractivity contribution in [2.75, 3.05) is 24.7 Å². The molecule has 9 nitrogen and oxygen atoms in total. The number of Topliss-reactive ketones (excluding diaryl/α,β-unsaturated/α-hetero) is 1. The van der Waals surface area contributed by atoms with Gasteiger partial charge in [-0.1, -0.05) is 62.1 Å². The van der Waals surface area contributed by atoms with Gasteiger partial charge in [-0.25, -0.2) is 9.78 Å². The van der Waals surface area contributed by atoms with E-state index in [1.54, 1.807) is 61.5 Å². The average Bonchev–Trinajstić information content (AvgIpc) is 3.51. The number of ether oxygens (including phenoxy) is 3. The Morgan fingerprint density at radius 2 is 1.67 bits per heavy atom. The molecule has 1 unspecified atom stereocenters. The number of hydrogen-bond donors (Lipinski definition) is 1. The second-order valence-electron chi connectivity index (χ2n) is 9.36. The fraction of sp³-hybridized carbons (Fsp3) is 0.250. The zero-order valence-electron chi connectivity index (χ0n) is 23.5. The van der Waals surface area contributed by atoms with Crippen molar-refractivity contribution in [3.63, 3.8) is 0 Å². The van der Waals surface area contributed by atoms with E-state index >= 15 is 0 Å². The molecular weight excluding hydrogens is 556 g/mol. The van der Waals surface area contributed by atoms with E-state index in [0.29, 0.717) is 41.5 Å². The second kappa shape index (κ2) is 13.8. The maximum atomic E-state index is 13.5. The van der Waals surface area contributed by atoms with Crippen LogP contribution in [0.4, 0.5) is 5.13 Å². The van der Waals surface area contributed by atoms with E-state index in [1.165, 1.54) is 11.0 Å². The first kappa shape index (κ1) is 30.3. The van der Waals surface area contributed by atoms with Crippen LogP contribution in [0.5, 0.6) is 11.5 Å². The van der Waals surface area contributed by atoms with Crippen LogP contribution in [0.2, 0.25) is 0 Å². The van der Waals surface area contributed by atoms with Gasteiger partial charge in [-0.05, 0) is 55.3 Å². The fourth-order valence-corrected chi connectivity index (χ4v) is 5.31.